The third-order valence-electron chi connectivity index (χ3n) is 9.85. The van der Waals surface area contributed by atoms with Crippen LogP contribution >= 0.6 is 0 Å². The van der Waals surface area contributed by atoms with Gasteiger partial charge in [-0.25, -0.2) is 9.59 Å². The third kappa shape index (κ3) is 26.5. The van der Waals surface area contributed by atoms with E-state index in [1.807, 2.05) is 0 Å². The zero-order valence-corrected chi connectivity index (χ0v) is 37.2. The van der Waals surface area contributed by atoms with Gasteiger partial charge in [-0.15, -0.1) is 0 Å². The van der Waals surface area contributed by atoms with Gasteiger partial charge in [0.2, 0.25) is 11.8 Å². The quantitative estimate of drug-likeness (QED) is 0.0341. The van der Waals surface area contributed by atoms with Crippen molar-refractivity contribution in [3.8, 4) is 35.2 Å². The highest BCUT2D eigenvalue weighted by Gasteiger charge is 2.23. The second-order valence-electron chi connectivity index (χ2n) is 15.3. The average molecular weight is 919 g/mol. The molecule has 0 aliphatic carbocycles. The highest BCUT2D eigenvalue weighted by atomic mass is 16.5. The van der Waals surface area contributed by atoms with Gasteiger partial charge >= 0.3 is 23.9 Å². The van der Waals surface area contributed by atoms with Gasteiger partial charge in [0.15, 0.2) is 0 Å². The van der Waals surface area contributed by atoms with E-state index in [1.54, 1.807) is 48.5 Å². The number of carboxylic acids is 4. The summed E-state index contributed by atoms with van der Waals surface area (Å²) in [5.74, 6) is 5.47. The number of nitrogens with one attached hydrogen (secondary N) is 4. The van der Waals surface area contributed by atoms with Crippen LogP contribution in [-0.4, -0.2) is 106 Å². The Hall–Kier alpha value is -7.08. The molecule has 0 heterocycles. The van der Waals surface area contributed by atoms with Gasteiger partial charge in [0.1, 0.15) is 36.8 Å². The zero-order chi connectivity index (χ0) is 48.4. The van der Waals surface area contributed by atoms with Crippen LogP contribution in [0.4, 0.5) is 0 Å². The molecule has 18 heteroatoms. The Labute approximate surface area is 385 Å². The van der Waals surface area contributed by atoms with E-state index in [1.165, 1.54) is 0 Å². The van der Waals surface area contributed by atoms with E-state index in [0.717, 1.165) is 77.0 Å². The maximum atomic E-state index is 12.5. The SMILES string of the molecule is O=C(O)C[C@H](NC(=O)CCCCCCCCCNC(=O)c1ccc(OCC#CC#CCOc2ccc(C(=O)NCCCCCCCCCC(=O)N[C@@H](CC(=O)O)C(=O)O)cc2)cc1)C(=O)O. The van der Waals surface area contributed by atoms with Crippen LogP contribution in [0.5, 0.6) is 11.5 Å². The fourth-order valence-electron chi connectivity index (χ4n) is 6.28. The van der Waals surface area contributed by atoms with E-state index < -0.39 is 60.6 Å². The molecule has 66 heavy (non-hydrogen) atoms. The summed E-state index contributed by atoms with van der Waals surface area (Å²) >= 11 is 0. The summed E-state index contributed by atoms with van der Waals surface area (Å²) in [5, 5.41) is 45.8. The molecule has 0 radical (unpaired) electrons. The molecule has 0 bridgehead atoms. The maximum Gasteiger partial charge on any atom is 0.326 e. The first-order valence-corrected chi connectivity index (χ1v) is 22.2. The first-order chi connectivity index (χ1) is 31.7. The molecule has 2 rings (SSSR count). The summed E-state index contributed by atoms with van der Waals surface area (Å²) in [7, 11) is 0. The molecular weight excluding hydrogens is 857 g/mol. The van der Waals surface area contributed by atoms with Crippen molar-refractivity contribution in [1.29, 1.82) is 0 Å². The van der Waals surface area contributed by atoms with Crippen LogP contribution in [0.25, 0.3) is 0 Å². The largest absolute Gasteiger partial charge is 0.481 e. The Bertz CT molecular complexity index is 1860. The van der Waals surface area contributed by atoms with Gasteiger partial charge in [-0.3, -0.25) is 28.8 Å². The first kappa shape index (κ1) is 55.1. The number of benzene rings is 2. The Morgan fingerprint density at radius 1 is 0.455 bits per heavy atom. The van der Waals surface area contributed by atoms with Crippen LogP contribution in [0, 0.1) is 23.7 Å². The molecule has 358 valence electrons. The molecule has 0 unspecified atom stereocenters. The second kappa shape index (κ2) is 33.4. The number of carboxylic acid groups (broad SMARTS) is 4. The van der Waals surface area contributed by atoms with Gasteiger partial charge in [0.25, 0.3) is 11.8 Å². The molecule has 0 saturated heterocycles. The number of carbonyl (C=O) groups is 8. The minimum absolute atomic E-state index is 0.102. The fourth-order valence-corrected chi connectivity index (χ4v) is 6.28. The molecule has 0 fully saturated rings. The lowest BCUT2D eigenvalue weighted by molar-refractivity contribution is -0.147. The number of carbonyl (C=O) groups excluding carboxylic acids is 4. The van der Waals surface area contributed by atoms with Crippen molar-refractivity contribution in [2.45, 2.75) is 128 Å². The van der Waals surface area contributed by atoms with Crippen LogP contribution in [0.1, 0.15) is 136 Å². The molecular formula is C48H62N4O14. The fraction of sp³-hybridized carbons (Fsp3) is 0.500. The average Bonchev–Trinajstić information content (AvgIpc) is 3.27. The normalized spacial score (nSPS) is 11.2. The topological polar surface area (TPSA) is 284 Å². The van der Waals surface area contributed by atoms with E-state index in [-0.39, 0.29) is 37.9 Å². The molecule has 2 aromatic rings. The number of aliphatic carboxylic acids is 4. The lowest BCUT2D eigenvalue weighted by atomic mass is 10.1. The second-order valence-corrected chi connectivity index (χ2v) is 15.3. The van der Waals surface area contributed by atoms with Crippen molar-refractivity contribution >= 4 is 47.5 Å². The minimum atomic E-state index is -1.43. The van der Waals surface area contributed by atoms with Crippen LogP contribution in [0.3, 0.4) is 0 Å². The van der Waals surface area contributed by atoms with Gasteiger partial charge in [-0.05, 0) is 97.9 Å². The molecule has 0 saturated carbocycles. The summed E-state index contributed by atoms with van der Waals surface area (Å²) in [6, 6.07) is 10.6. The Morgan fingerprint density at radius 2 is 0.773 bits per heavy atom. The molecule has 0 aromatic heterocycles. The predicted molar refractivity (Wildman–Crippen MR) is 242 cm³/mol. The van der Waals surface area contributed by atoms with Crippen molar-refractivity contribution in [3.63, 3.8) is 0 Å². The number of hydrogen-bond donors (Lipinski definition) is 8. The Morgan fingerprint density at radius 3 is 1.09 bits per heavy atom. The molecule has 2 aromatic carbocycles. The van der Waals surface area contributed by atoms with Crippen molar-refractivity contribution in [2.24, 2.45) is 0 Å². The third-order valence-corrected chi connectivity index (χ3v) is 9.85. The molecule has 0 aliphatic rings. The summed E-state index contributed by atoms with van der Waals surface area (Å²) in [6.07, 6.45) is 10.9. The smallest absolute Gasteiger partial charge is 0.326 e. The predicted octanol–water partition coefficient (Wildman–Crippen LogP) is 4.94. The standard InChI is InChI=1S/C48H62N4O14/c53-41(51-39(47(61)62)33-43(55)56)19-13-7-3-1-5-9-15-29-49-45(59)35-21-25-37(26-22-35)65-31-17-11-12-18-32-66-38-27-23-36(24-28-38)46(60)50-30-16-10-6-2-4-8-14-20-42(54)52-40(48(63)64)34-44(57)58/h21-28,39-40H,1-10,13-16,19-20,29-34H2,(H,49,59)(H,50,60)(H,51,53)(H,52,54)(H,55,56)(H,57,58)(H,61,62)(H,63,64)/t39-,40-/m0/s1. The highest BCUT2D eigenvalue weighted by molar-refractivity contribution is 5.95. The Kier molecular flexibility index (Phi) is 27.9. The van der Waals surface area contributed by atoms with Gasteiger partial charge < -0.3 is 51.2 Å². The van der Waals surface area contributed by atoms with Crippen molar-refractivity contribution in [3.05, 3.63) is 59.7 Å². The van der Waals surface area contributed by atoms with E-state index >= 15 is 0 Å². The van der Waals surface area contributed by atoms with E-state index in [4.69, 9.17) is 29.9 Å². The maximum absolute atomic E-state index is 12.5. The van der Waals surface area contributed by atoms with Gasteiger partial charge in [-0.1, -0.05) is 64.2 Å². The summed E-state index contributed by atoms with van der Waals surface area (Å²) in [5.41, 5.74) is 1.01. The van der Waals surface area contributed by atoms with Gasteiger partial charge in [-0.2, -0.15) is 0 Å². The Balaban J connectivity index is 1.48. The van der Waals surface area contributed by atoms with Gasteiger partial charge in [0.05, 0.1) is 12.8 Å². The first-order valence-electron chi connectivity index (χ1n) is 22.2. The molecule has 0 spiro atoms. The molecule has 4 amide bonds. The van der Waals surface area contributed by atoms with Crippen molar-refractivity contribution in [1.82, 2.24) is 21.3 Å². The van der Waals surface area contributed by atoms with E-state index in [0.29, 0.717) is 48.6 Å². The molecule has 8 N–H and O–H groups in total. The van der Waals surface area contributed by atoms with Crippen LogP contribution in [-0.2, 0) is 28.8 Å². The van der Waals surface area contributed by atoms with Crippen molar-refractivity contribution in [2.75, 3.05) is 26.3 Å². The van der Waals surface area contributed by atoms with E-state index in [9.17, 15) is 38.4 Å². The van der Waals surface area contributed by atoms with Crippen molar-refractivity contribution < 1.29 is 68.3 Å². The minimum Gasteiger partial charge on any atom is -0.481 e. The van der Waals surface area contributed by atoms with Crippen LogP contribution in [0.15, 0.2) is 48.5 Å². The van der Waals surface area contributed by atoms with Gasteiger partial charge in [0, 0.05) is 37.1 Å². The highest BCUT2D eigenvalue weighted by Crippen LogP contribution is 2.14. The number of unbranched alkanes of at least 4 members (excludes halogenated alkanes) is 12. The zero-order valence-electron chi connectivity index (χ0n) is 37.2. The monoisotopic (exact) mass is 918 g/mol. The lowest BCUT2D eigenvalue weighted by Gasteiger charge is -2.12. The number of hydrogen-bond acceptors (Lipinski definition) is 10. The van der Waals surface area contributed by atoms with Crippen LogP contribution in [0.2, 0.25) is 0 Å². The molecule has 0 aliphatic heterocycles. The molecule has 18 nitrogen and oxygen atoms in total. The lowest BCUT2D eigenvalue weighted by Crippen LogP contribution is -2.42. The number of amides is 4. The summed E-state index contributed by atoms with van der Waals surface area (Å²) in [6.45, 7) is 1.28. The molecule has 2 atom stereocenters. The van der Waals surface area contributed by atoms with Crippen LogP contribution < -0.4 is 30.7 Å². The summed E-state index contributed by atoms with van der Waals surface area (Å²) in [4.78, 5) is 92.3. The summed E-state index contributed by atoms with van der Waals surface area (Å²) < 4.78 is 11.2. The number of rotatable bonds is 34. The number of ether oxygens (including phenoxy) is 2. The van der Waals surface area contributed by atoms with E-state index in [2.05, 4.69) is 44.9 Å².